The van der Waals surface area contributed by atoms with Crippen LogP contribution in [0.15, 0.2) is 105 Å². The lowest BCUT2D eigenvalue weighted by atomic mass is 10.1. The molecule has 1 aromatic heterocycles. The first-order chi connectivity index (χ1) is 17.8. The molecule has 5 aromatic rings. The van der Waals surface area contributed by atoms with Gasteiger partial charge in [0, 0.05) is 37.1 Å². The third kappa shape index (κ3) is 4.48. The first-order valence-electron chi connectivity index (χ1n) is 11.5. The second kappa shape index (κ2) is 9.57. The van der Waals surface area contributed by atoms with Crippen LogP contribution in [0.4, 0.5) is 5.69 Å². The number of sulfonamides is 1. The van der Waals surface area contributed by atoms with E-state index in [1.807, 2.05) is 49.3 Å². The molecule has 0 saturated carbocycles. The van der Waals surface area contributed by atoms with Crippen LogP contribution in [0.25, 0.3) is 22.1 Å². The maximum atomic E-state index is 13.6. The van der Waals surface area contributed by atoms with Crippen molar-refractivity contribution in [1.29, 1.82) is 0 Å². The van der Waals surface area contributed by atoms with Crippen LogP contribution in [0.5, 0.6) is 0 Å². The molecule has 0 atom stereocenters. The van der Waals surface area contributed by atoms with Crippen molar-refractivity contribution < 1.29 is 8.42 Å². The highest BCUT2D eigenvalue weighted by molar-refractivity contribution is 7.89. The Morgan fingerprint density at radius 1 is 0.838 bits per heavy atom. The molecular weight excluding hydrogens is 490 g/mol. The van der Waals surface area contributed by atoms with Gasteiger partial charge in [0.05, 0.1) is 16.3 Å². The van der Waals surface area contributed by atoms with Crippen molar-refractivity contribution >= 4 is 26.5 Å². The number of hydrogen-bond donors (Lipinski definition) is 2. The molecular formula is C27H25N5O4S. The summed E-state index contributed by atoms with van der Waals surface area (Å²) >= 11 is 0. The summed E-state index contributed by atoms with van der Waals surface area (Å²) in [5, 5.41) is 3.52. The molecule has 0 fully saturated rings. The van der Waals surface area contributed by atoms with Gasteiger partial charge < -0.3 is 4.90 Å². The largest absolute Gasteiger partial charge is 0.377 e. The Kier molecular flexibility index (Phi) is 6.28. The summed E-state index contributed by atoms with van der Waals surface area (Å²) < 4.78 is 31.9. The van der Waals surface area contributed by atoms with E-state index in [1.165, 1.54) is 6.07 Å². The van der Waals surface area contributed by atoms with Gasteiger partial charge in [-0.3, -0.25) is 0 Å². The first-order valence-corrected chi connectivity index (χ1v) is 13.0. The van der Waals surface area contributed by atoms with Gasteiger partial charge in [0.2, 0.25) is 10.0 Å². The molecule has 5 rings (SSSR count). The molecule has 188 valence electrons. The molecule has 10 heteroatoms. The van der Waals surface area contributed by atoms with E-state index in [0.717, 1.165) is 20.5 Å². The Labute approximate surface area is 213 Å². The number of H-pyrrole nitrogens is 1. The van der Waals surface area contributed by atoms with Gasteiger partial charge >= 0.3 is 11.4 Å². The van der Waals surface area contributed by atoms with E-state index < -0.39 is 21.4 Å². The molecule has 0 unspecified atom stereocenters. The smallest absolute Gasteiger partial charge is 0.356 e. The molecule has 9 nitrogen and oxygen atoms in total. The zero-order chi connectivity index (χ0) is 26.2. The minimum atomic E-state index is -4.01. The molecule has 0 radical (unpaired) electrons. The molecule has 0 saturated heterocycles. The maximum Gasteiger partial charge on any atom is 0.356 e. The van der Waals surface area contributed by atoms with Gasteiger partial charge in [-0.25, -0.2) is 32.4 Å². The van der Waals surface area contributed by atoms with Gasteiger partial charge in [-0.2, -0.15) is 4.68 Å². The normalized spacial score (nSPS) is 11.6. The van der Waals surface area contributed by atoms with Crippen LogP contribution < -0.4 is 21.0 Å². The van der Waals surface area contributed by atoms with Gasteiger partial charge in [0.15, 0.2) is 0 Å². The average molecular weight is 516 g/mol. The van der Waals surface area contributed by atoms with Crippen LogP contribution in [0.3, 0.4) is 0 Å². The van der Waals surface area contributed by atoms with Crippen LogP contribution in [-0.4, -0.2) is 36.9 Å². The lowest BCUT2D eigenvalue weighted by Gasteiger charge is -2.19. The van der Waals surface area contributed by atoms with Crippen LogP contribution in [-0.2, 0) is 16.6 Å². The van der Waals surface area contributed by atoms with Crippen molar-refractivity contribution in [3.63, 3.8) is 0 Å². The van der Waals surface area contributed by atoms with Crippen molar-refractivity contribution in [2.45, 2.75) is 11.4 Å². The van der Waals surface area contributed by atoms with E-state index in [-0.39, 0.29) is 17.1 Å². The average Bonchev–Trinajstić information content (AvgIpc) is 3.20. The number of para-hydroxylation sites is 1. The predicted molar refractivity (Wildman–Crippen MR) is 144 cm³/mol. The number of hydrogen-bond acceptors (Lipinski definition) is 5. The Balaban J connectivity index is 1.74. The fourth-order valence-corrected chi connectivity index (χ4v) is 5.59. The zero-order valence-electron chi connectivity index (χ0n) is 20.3. The van der Waals surface area contributed by atoms with Crippen molar-refractivity contribution in [3.05, 3.63) is 118 Å². The Morgan fingerprint density at radius 3 is 2.19 bits per heavy atom. The first kappa shape index (κ1) is 24.3. The SMILES string of the molecule is CN(C)c1ccc(-n2[nH]c(=O)n(-c3ccccc3)c2=O)c2c(S(=O)(=O)NCc3ccccc3)cccc12. The number of benzene rings is 4. The molecule has 4 aromatic carbocycles. The van der Waals surface area contributed by atoms with Gasteiger partial charge in [-0.15, -0.1) is 0 Å². The standard InChI is InChI=1S/C27H25N5O4S/c1-30(2)22-16-17-23(32-27(34)31(26(33)29-32)20-12-7-4-8-13-20)25-21(22)14-9-15-24(25)37(35,36)28-18-19-10-5-3-6-11-19/h3-17,28H,18H2,1-2H3,(H,29,33). The fourth-order valence-electron chi connectivity index (χ4n) is 4.34. The Bertz CT molecular complexity index is 1810. The second-order valence-electron chi connectivity index (χ2n) is 8.69. The van der Waals surface area contributed by atoms with Gasteiger partial charge in [0.25, 0.3) is 0 Å². The lowest BCUT2D eigenvalue weighted by molar-refractivity contribution is 0.582. The summed E-state index contributed by atoms with van der Waals surface area (Å²) in [5.74, 6) is 0. The van der Waals surface area contributed by atoms with E-state index in [1.54, 1.807) is 54.6 Å². The summed E-state index contributed by atoms with van der Waals surface area (Å²) in [5.41, 5.74) is 0.943. The summed E-state index contributed by atoms with van der Waals surface area (Å²) in [4.78, 5) is 28.1. The molecule has 0 aliphatic rings. The Hall–Kier alpha value is -4.41. The number of nitrogens with one attached hydrogen (secondary N) is 2. The van der Waals surface area contributed by atoms with E-state index in [0.29, 0.717) is 16.5 Å². The highest BCUT2D eigenvalue weighted by Gasteiger charge is 2.23. The second-order valence-corrected chi connectivity index (χ2v) is 10.4. The number of aromatic amines is 1. The fraction of sp³-hybridized carbons (Fsp3) is 0.111. The molecule has 0 bridgehead atoms. The van der Waals surface area contributed by atoms with Gasteiger partial charge in [0.1, 0.15) is 0 Å². The van der Waals surface area contributed by atoms with E-state index in [4.69, 9.17) is 0 Å². The van der Waals surface area contributed by atoms with E-state index in [9.17, 15) is 18.0 Å². The summed E-state index contributed by atoms with van der Waals surface area (Å²) in [6.07, 6.45) is 0. The predicted octanol–water partition coefficient (Wildman–Crippen LogP) is 3.01. The highest BCUT2D eigenvalue weighted by atomic mass is 32.2. The summed E-state index contributed by atoms with van der Waals surface area (Å²) in [6.45, 7) is 0.101. The monoisotopic (exact) mass is 515 g/mol. The van der Waals surface area contributed by atoms with Crippen molar-refractivity contribution in [2.75, 3.05) is 19.0 Å². The molecule has 2 N–H and O–H groups in total. The third-order valence-electron chi connectivity index (χ3n) is 6.09. The summed E-state index contributed by atoms with van der Waals surface area (Å²) in [6, 6.07) is 26.1. The molecule has 1 heterocycles. The number of fused-ring (bicyclic) bond motifs is 1. The molecule has 0 spiro atoms. The van der Waals surface area contributed by atoms with Gasteiger partial charge in [-0.1, -0.05) is 60.7 Å². The van der Waals surface area contributed by atoms with E-state index in [2.05, 4.69) is 9.82 Å². The highest BCUT2D eigenvalue weighted by Crippen LogP contribution is 2.34. The van der Waals surface area contributed by atoms with Crippen molar-refractivity contribution in [3.8, 4) is 11.4 Å². The van der Waals surface area contributed by atoms with E-state index >= 15 is 0 Å². The maximum absolute atomic E-state index is 13.6. The molecule has 0 aliphatic carbocycles. The minimum absolute atomic E-state index is 0.000147. The van der Waals surface area contributed by atoms with Crippen LogP contribution >= 0.6 is 0 Å². The minimum Gasteiger partial charge on any atom is -0.377 e. The van der Waals surface area contributed by atoms with Crippen molar-refractivity contribution in [1.82, 2.24) is 19.1 Å². The van der Waals surface area contributed by atoms with Crippen molar-refractivity contribution in [2.24, 2.45) is 0 Å². The number of nitrogens with zero attached hydrogens (tertiary/aromatic N) is 3. The molecule has 0 amide bonds. The Morgan fingerprint density at radius 2 is 1.51 bits per heavy atom. The topological polar surface area (TPSA) is 109 Å². The van der Waals surface area contributed by atoms with Crippen LogP contribution in [0, 0.1) is 0 Å². The number of rotatable bonds is 7. The number of anilines is 1. The zero-order valence-corrected chi connectivity index (χ0v) is 21.1. The van der Waals surface area contributed by atoms with Crippen LogP contribution in [0.1, 0.15) is 5.56 Å². The van der Waals surface area contributed by atoms with Crippen LogP contribution in [0.2, 0.25) is 0 Å². The molecule has 0 aliphatic heterocycles. The lowest BCUT2D eigenvalue weighted by Crippen LogP contribution is -2.27. The molecule has 37 heavy (non-hydrogen) atoms. The number of aromatic nitrogens is 3. The van der Waals surface area contributed by atoms with Gasteiger partial charge in [-0.05, 0) is 35.9 Å². The quantitative estimate of drug-likeness (QED) is 0.346. The summed E-state index contributed by atoms with van der Waals surface area (Å²) in [7, 11) is -0.308. The third-order valence-corrected chi connectivity index (χ3v) is 7.53.